The fourth-order valence-corrected chi connectivity index (χ4v) is 5.56. The first kappa shape index (κ1) is 26.5. The summed E-state index contributed by atoms with van der Waals surface area (Å²) in [5, 5.41) is 17.9. The number of esters is 1. The van der Waals surface area contributed by atoms with Gasteiger partial charge in [-0.25, -0.2) is 4.79 Å². The molecule has 0 unspecified atom stereocenters. The Bertz CT molecular complexity index is 1650. The normalized spacial score (nSPS) is 11.4. The second-order valence-electron chi connectivity index (χ2n) is 9.71. The van der Waals surface area contributed by atoms with E-state index in [1.807, 2.05) is 49.8 Å². The van der Waals surface area contributed by atoms with E-state index in [0.29, 0.717) is 31.0 Å². The molecule has 39 heavy (non-hydrogen) atoms. The van der Waals surface area contributed by atoms with Crippen molar-refractivity contribution in [3.63, 3.8) is 0 Å². The standard InChI is InChI=1S/C32H35N3O4.H2/c1-5-26-29(25(19-36)34-35(26)4)28-20(3)16-17-24-23(31(33-30(24)28)32(37)38-6-2)14-10-18-39-27-15-9-12-21-11-7-8-13-22(21)27;/h7-9,11-13,15-17,33,36H,5-6,10,14,18-19H2,1-4H3;1H. The molecule has 204 valence electrons. The van der Waals surface area contributed by atoms with Crippen molar-refractivity contribution in [2.45, 2.75) is 46.6 Å². The molecule has 2 aromatic heterocycles. The first-order chi connectivity index (χ1) is 19.0. The summed E-state index contributed by atoms with van der Waals surface area (Å²) < 4.78 is 13.5. The quantitative estimate of drug-likeness (QED) is 0.159. The molecular weight excluding hydrogens is 490 g/mol. The van der Waals surface area contributed by atoms with Crippen LogP contribution < -0.4 is 4.74 Å². The van der Waals surface area contributed by atoms with E-state index in [2.05, 4.69) is 47.3 Å². The van der Waals surface area contributed by atoms with Gasteiger partial charge in [0.05, 0.1) is 31.0 Å². The third-order valence-electron chi connectivity index (χ3n) is 7.32. The number of hydrogen-bond donors (Lipinski definition) is 2. The van der Waals surface area contributed by atoms with Gasteiger partial charge < -0.3 is 19.6 Å². The molecule has 0 saturated heterocycles. The van der Waals surface area contributed by atoms with Crippen LogP contribution in [-0.2, 0) is 31.2 Å². The van der Waals surface area contributed by atoms with Gasteiger partial charge in [-0.05, 0) is 55.7 Å². The number of ether oxygens (including phenoxy) is 2. The Kier molecular flexibility index (Phi) is 7.70. The minimum absolute atomic E-state index is 0. The second kappa shape index (κ2) is 11.3. The van der Waals surface area contributed by atoms with Crippen molar-refractivity contribution in [3.05, 3.63) is 82.8 Å². The first-order valence-corrected chi connectivity index (χ1v) is 13.6. The summed E-state index contributed by atoms with van der Waals surface area (Å²) in [4.78, 5) is 16.5. The molecule has 0 fully saturated rings. The molecule has 0 aliphatic carbocycles. The number of aliphatic hydroxyl groups is 1. The number of nitrogens with one attached hydrogen (secondary N) is 1. The van der Waals surface area contributed by atoms with Crippen LogP contribution in [0.2, 0.25) is 0 Å². The van der Waals surface area contributed by atoms with Crippen LogP contribution in [0.15, 0.2) is 54.6 Å². The fourth-order valence-electron chi connectivity index (χ4n) is 5.56. The molecule has 0 saturated carbocycles. The minimum Gasteiger partial charge on any atom is -0.493 e. The van der Waals surface area contributed by atoms with Gasteiger partial charge in [0.25, 0.3) is 0 Å². The Balaban J connectivity index is 0.00000370. The zero-order valence-corrected chi connectivity index (χ0v) is 23.0. The summed E-state index contributed by atoms with van der Waals surface area (Å²) in [7, 11) is 1.90. The molecule has 5 rings (SSSR count). The van der Waals surface area contributed by atoms with Crippen LogP contribution in [0.1, 0.15) is 54.7 Å². The predicted octanol–water partition coefficient (Wildman–Crippen LogP) is 6.52. The molecule has 0 aliphatic heterocycles. The van der Waals surface area contributed by atoms with Crippen LogP contribution in [0.5, 0.6) is 5.75 Å². The van der Waals surface area contributed by atoms with E-state index in [-0.39, 0.29) is 14.0 Å². The number of nitrogens with zero attached hydrogens (tertiary/aromatic N) is 2. The molecule has 7 nitrogen and oxygen atoms in total. The van der Waals surface area contributed by atoms with Gasteiger partial charge >= 0.3 is 5.97 Å². The number of H-pyrrole nitrogens is 1. The first-order valence-electron chi connectivity index (χ1n) is 13.6. The number of carbonyl (C=O) groups is 1. The van der Waals surface area contributed by atoms with Crippen LogP contribution in [0.4, 0.5) is 0 Å². The predicted molar refractivity (Wildman–Crippen MR) is 156 cm³/mol. The number of benzene rings is 3. The molecule has 0 bridgehead atoms. The molecule has 2 heterocycles. The zero-order chi connectivity index (χ0) is 27.5. The lowest BCUT2D eigenvalue weighted by atomic mass is 9.93. The second-order valence-corrected chi connectivity index (χ2v) is 9.71. The topological polar surface area (TPSA) is 89.4 Å². The highest BCUT2D eigenvalue weighted by atomic mass is 16.5. The lowest BCUT2D eigenvalue weighted by Crippen LogP contribution is -2.09. The number of aryl methyl sites for hydroxylation is 3. The molecular formula is C32H37N3O4. The average molecular weight is 528 g/mol. The molecule has 0 radical (unpaired) electrons. The van der Waals surface area contributed by atoms with Crippen molar-refractivity contribution in [1.82, 2.24) is 14.8 Å². The van der Waals surface area contributed by atoms with Gasteiger partial charge in [-0.3, -0.25) is 4.68 Å². The van der Waals surface area contributed by atoms with Crippen LogP contribution in [0, 0.1) is 6.92 Å². The van der Waals surface area contributed by atoms with Crippen molar-refractivity contribution in [2.75, 3.05) is 13.2 Å². The third-order valence-corrected chi connectivity index (χ3v) is 7.32. The largest absolute Gasteiger partial charge is 0.493 e. The molecule has 3 aromatic carbocycles. The third kappa shape index (κ3) is 4.90. The number of aromatic nitrogens is 3. The number of rotatable bonds is 10. The Hall–Kier alpha value is -4.10. The summed E-state index contributed by atoms with van der Waals surface area (Å²) >= 11 is 0. The smallest absolute Gasteiger partial charge is 0.355 e. The van der Waals surface area contributed by atoms with Crippen LogP contribution in [0.3, 0.4) is 0 Å². The number of aliphatic hydroxyl groups excluding tert-OH is 1. The monoisotopic (exact) mass is 527 g/mol. The minimum atomic E-state index is -0.369. The number of hydrogen-bond acceptors (Lipinski definition) is 5. The molecule has 0 spiro atoms. The highest BCUT2D eigenvalue weighted by Crippen LogP contribution is 2.39. The lowest BCUT2D eigenvalue weighted by Gasteiger charge is -2.11. The van der Waals surface area contributed by atoms with Crippen molar-refractivity contribution < 1.29 is 20.8 Å². The molecule has 0 aliphatic rings. The summed E-state index contributed by atoms with van der Waals surface area (Å²) in [5.41, 5.74) is 6.84. The van der Waals surface area contributed by atoms with E-state index in [4.69, 9.17) is 9.47 Å². The zero-order valence-electron chi connectivity index (χ0n) is 23.0. The molecule has 0 amide bonds. The van der Waals surface area contributed by atoms with E-state index in [0.717, 1.165) is 68.2 Å². The van der Waals surface area contributed by atoms with Gasteiger partial charge in [0.1, 0.15) is 11.4 Å². The maximum Gasteiger partial charge on any atom is 0.355 e. The van der Waals surface area contributed by atoms with E-state index < -0.39 is 0 Å². The van der Waals surface area contributed by atoms with Crippen LogP contribution >= 0.6 is 0 Å². The Morgan fingerprint density at radius 2 is 1.85 bits per heavy atom. The summed E-state index contributed by atoms with van der Waals surface area (Å²) in [6.45, 7) is 6.58. The van der Waals surface area contributed by atoms with Gasteiger partial charge in [0.2, 0.25) is 0 Å². The number of carbonyl (C=O) groups excluding carboxylic acids is 1. The van der Waals surface area contributed by atoms with Gasteiger partial charge in [0.15, 0.2) is 0 Å². The van der Waals surface area contributed by atoms with Crippen molar-refractivity contribution in [1.29, 1.82) is 0 Å². The van der Waals surface area contributed by atoms with Gasteiger partial charge in [0, 0.05) is 36.1 Å². The highest BCUT2D eigenvalue weighted by Gasteiger charge is 2.25. The number of fused-ring (bicyclic) bond motifs is 2. The summed E-state index contributed by atoms with van der Waals surface area (Å²) in [5.74, 6) is 0.488. The SMILES string of the molecule is CCOC(=O)c1[nH]c2c(-c3c(CO)nn(C)c3CC)c(C)ccc2c1CCCOc1cccc2ccccc12.[HH]. The van der Waals surface area contributed by atoms with E-state index in [9.17, 15) is 9.90 Å². The summed E-state index contributed by atoms with van der Waals surface area (Å²) in [6, 6.07) is 18.4. The lowest BCUT2D eigenvalue weighted by molar-refractivity contribution is 0.0519. The van der Waals surface area contributed by atoms with Gasteiger partial charge in [-0.1, -0.05) is 55.5 Å². The maximum atomic E-state index is 13.1. The maximum absolute atomic E-state index is 13.1. The van der Waals surface area contributed by atoms with Crippen LogP contribution in [0.25, 0.3) is 32.8 Å². The Morgan fingerprint density at radius 3 is 2.62 bits per heavy atom. The molecule has 7 heteroatoms. The van der Waals surface area contributed by atoms with E-state index in [1.54, 1.807) is 0 Å². The summed E-state index contributed by atoms with van der Waals surface area (Å²) in [6.07, 6.45) is 2.13. The van der Waals surface area contributed by atoms with Gasteiger partial charge in [-0.15, -0.1) is 0 Å². The van der Waals surface area contributed by atoms with Crippen molar-refractivity contribution in [2.24, 2.45) is 7.05 Å². The Labute approximate surface area is 229 Å². The van der Waals surface area contributed by atoms with E-state index >= 15 is 0 Å². The highest BCUT2D eigenvalue weighted by molar-refractivity contribution is 6.05. The van der Waals surface area contributed by atoms with Crippen molar-refractivity contribution in [3.8, 4) is 16.9 Å². The number of aromatic amines is 1. The van der Waals surface area contributed by atoms with Crippen LogP contribution in [-0.4, -0.2) is 39.1 Å². The molecule has 0 atom stereocenters. The van der Waals surface area contributed by atoms with E-state index in [1.165, 1.54) is 0 Å². The Morgan fingerprint density at radius 1 is 1.05 bits per heavy atom. The average Bonchev–Trinajstić information content (AvgIpc) is 3.47. The van der Waals surface area contributed by atoms with Crippen molar-refractivity contribution >= 4 is 27.6 Å². The van der Waals surface area contributed by atoms with Gasteiger partial charge in [-0.2, -0.15) is 5.10 Å². The molecule has 2 N–H and O–H groups in total. The molecule has 5 aromatic rings. The fraction of sp³-hybridized carbons (Fsp3) is 0.312.